The second kappa shape index (κ2) is 21.0. The number of fused-ring (bicyclic) bond motifs is 2. The van der Waals surface area contributed by atoms with Crippen LogP contribution < -0.4 is 25.4 Å². The highest BCUT2D eigenvalue weighted by atomic mass is 35.5. The number of benzene rings is 3. The van der Waals surface area contributed by atoms with Crippen LogP contribution in [0.25, 0.3) is 10.9 Å². The number of hydrogen-bond acceptors (Lipinski definition) is 9. The molecule has 4 aromatic rings. The molecule has 0 radical (unpaired) electrons. The maximum atomic E-state index is 14.0. The van der Waals surface area contributed by atoms with E-state index in [2.05, 4.69) is 20.9 Å². The Kier molecular flexibility index (Phi) is 15.0. The number of halogens is 2. The van der Waals surface area contributed by atoms with Gasteiger partial charge in [0.1, 0.15) is 23.4 Å². The zero-order valence-electron chi connectivity index (χ0n) is 35.4. The van der Waals surface area contributed by atoms with Gasteiger partial charge in [0.25, 0.3) is 17.7 Å². The van der Waals surface area contributed by atoms with Crippen LogP contribution in [0.4, 0.5) is 10.1 Å². The number of carbonyl (C=O) groups is 6. The van der Waals surface area contributed by atoms with Crippen LogP contribution in [-0.4, -0.2) is 71.1 Å². The van der Waals surface area contributed by atoms with E-state index in [4.69, 9.17) is 21.1 Å². The minimum atomic E-state index is -1.09. The van der Waals surface area contributed by atoms with E-state index in [0.717, 1.165) is 92.0 Å². The molecule has 13 nitrogen and oxygen atoms in total. The average molecular weight is 882 g/mol. The van der Waals surface area contributed by atoms with Gasteiger partial charge in [-0.2, -0.15) is 0 Å². The standard InChI is InChI=1S/C48H53ClFN5O8/c1-29(30-12-14-31(15-13-30)34-22-24-51-38-19-16-32(50)26-36(34)38)45(58)53-33-17-18-37(49)41(27-33)62-25-8-6-4-2-3-5-7-23-52-43(57)28-63-40-11-9-10-35-44(40)48(61)55(47(35)60)39-20-21-42(56)54-46(39)59/h9-11,16-19,22,24,26-27,29-31,39H,2-8,12-15,20-21,23,25,28H2,1H3,(H,52,57)(H,53,58)(H,54,56,59)/t29-,30?,31?,39?/m1/s1. The van der Waals surface area contributed by atoms with Crippen LogP contribution in [0.15, 0.2) is 66.9 Å². The molecule has 1 aliphatic carbocycles. The summed E-state index contributed by atoms with van der Waals surface area (Å²) in [5.41, 5.74) is 2.65. The van der Waals surface area contributed by atoms with Crippen LogP contribution >= 0.6 is 11.6 Å². The largest absolute Gasteiger partial charge is 0.492 e. The Balaban J connectivity index is 0.739. The fourth-order valence-corrected chi connectivity index (χ4v) is 9.08. The van der Waals surface area contributed by atoms with E-state index in [-0.39, 0.29) is 65.8 Å². The van der Waals surface area contributed by atoms with Gasteiger partial charge in [-0.15, -0.1) is 0 Å². The zero-order valence-corrected chi connectivity index (χ0v) is 36.1. The fraction of sp³-hybridized carbons (Fsp3) is 0.438. The molecular formula is C48H53ClFN5O8. The van der Waals surface area contributed by atoms with Crippen molar-refractivity contribution in [3.8, 4) is 11.5 Å². The summed E-state index contributed by atoms with van der Waals surface area (Å²) < 4.78 is 25.7. The van der Waals surface area contributed by atoms with Crippen molar-refractivity contribution < 1.29 is 42.6 Å². The van der Waals surface area contributed by atoms with E-state index < -0.39 is 29.7 Å². The normalized spacial score (nSPS) is 19.1. The van der Waals surface area contributed by atoms with E-state index in [1.165, 1.54) is 18.2 Å². The fourth-order valence-electron chi connectivity index (χ4n) is 8.91. The minimum Gasteiger partial charge on any atom is -0.492 e. The predicted molar refractivity (Wildman–Crippen MR) is 235 cm³/mol. The molecule has 1 saturated heterocycles. The van der Waals surface area contributed by atoms with Gasteiger partial charge in [0.05, 0.1) is 28.3 Å². The van der Waals surface area contributed by atoms with Gasteiger partial charge in [-0.3, -0.25) is 44.0 Å². The molecule has 1 saturated carbocycles. The van der Waals surface area contributed by atoms with Gasteiger partial charge in [0, 0.05) is 42.2 Å². The molecule has 2 fully saturated rings. The Labute approximate surface area is 370 Å². The number of piperidine rings is 1. The number of hydrogen-bond donors (Lipinski definition) is 3. The number of rotatable bonds is 19. The summed E-state index contributed by atoms with van der Waals surface area (Å²) in [4.78, 5) is 81.3. The first kappa shape index (κ1) is 45.1. The Morgan fingerprint density at radius 2 is 1.63 bits per heavy atom. The highest BCUT2D eigenvalue weighted by Gasteiger charge is 2.46. The number of aromatic nitrogens is 1. The number of anilines is 1. The molecule has 1 unspecified atom stereocenters. The molecule has 6 amide bonds. The number of pyridine rings is 1. The van der Waals surface area contributed by atoms with Crippen molar-refractivity contribution in [2.45, 2.75) is 102 Å². The highest BCUT2D eigenvalue weighted by Crippen LogP contribution is 2.41. The SMILES string of the molecule is C[C@@H](C(=O)Nc1ccc(Cl)c(OCCCCCCCCCNC(=O)COc2cccc3c2C(=O)N(C2CCC(=O)NC2=O)C3=O)c1)C1CCC(c2ccnc3ccc(F)cc23)CC1. The molecule has 7 rings (SSSR count). The number of carbonyl (C=O) groups excluding carboxylic acids is 6. The molecule has 3 N–H and O–H groups in total. The molecular weight excluding hydrogens is 829 g/mol. The Bertz CT molecular complexity index is 2370. The smallest absolute Gasteiger partial charge is 0.266 e. The van der Waals surface area contributed by atoms with Crippen molar-refractivity contribution in [3.63, 3.8) is 0 Å². The van der Waals surface area contributed by atoms with Gasteiger partial charge in [0.15, 0.2) is 6.61 Å². The van der Waals surface area contributed by atoms with E-state index in [9.17, 15) is 33.2 Å². The molecule has 2 atom stereocenters. The monoisotopic (exact) mass is 881 g/mol. The maximum absolute atomic E-state index is 14.0. The van der Waals surface area contributed by atoms with Gasteiger partial charge < -0.3 is 20.1 Å². The lowest BCUT2D eigenvalue weighted by Gasteiger charge is -2.32. The summed E-state index contributed by atoms with van der Waals surface area (Å²) in [6.45, 7) is 2.61. The number of nitrogens with zero attached hydrogens (tertiary/aromatic N) is 2. The zero-order chi connectivity index (χ0) is 44.5. The molecule has 332 valence electrons. The van der Waals surface area contributed by atoms with Crippen LogP contribution in [0.2, 0.25) is 5.02 Å². The summed E-state index contributed by atoms with van der Waals surface area (Å²) in [5.74, 6) is -2.16. The van der Waals surface area contributed by atoms with E-state index in [0.29, 0.717) is 35.5 Å². The minimum absolute atomic E-state index is 0.000979. The van der Waals surface area contributed by atoms with Gasteiger partial charge in [0.2, 0.25) is 17.7 Å². The predicted octanol–water partition coefficient (Wildman–Crippen LogP) is 8.28. The van der Waals surface area contributed by atoms with Crippen LogP contribution in [0, 0.1) is 17.7 Å². The van der Waals surface area contributed by atoms with E-state index in [1.807, 2.05) is 13.0 Å². The summed E-state index contributed by atoms with van der Waals surface area (Å²) in [6.07, 6.45) is 12.2. The van der Waals surface area contributed by atoms with E-state index >= 15 is 0 Å². The van der Waals surface area contributed by atoms with Crippen LogP contribution in [0.5, 0.6) is 11.5 Å². The molecule has 3 aromatic carbocycles. The Morgan fingerprint density at radius 3 is 2.41 bits per heavy atom. The molecule has 3 heterocycles. The van der Waals surface area contributed by atoms with Gasteiger partial charge in [-0.25, -0.2) is 4.39 Å². The quantitative estimate of drug-likeness (QED) is 0.0619. The van der Waals surface area contributed by atoms with Crippen LogP contribution in [0.1, 0.15) is 123 Å². The first-order valence-electron chi connectivity index (χ1n) is 22.0. The molecule has 0 bridgehead atoms. The number of unbranched alkanes of at least 4 members (excludes halogenated alkanes) is 6. The third-order valence-corrected chi connectivity index (χ3v) is 12.8. The van der Waals surface area contributed by atoms with Crippen molar-refractivity contribution in [2.24, 2.45) is 11.8 Å². The highest BCUT2D eigenvalue weighted by molar-refractivity contribution is 6.32. The third kappa shape index (κ3) is 11.0. The van der Waals surface area contributed by atoms with Crippen LogP contribution in [-0.2, 0) is 19.2 Å². The van der Waals surface area contributed by atoms with Gasteiger partial charge in [-0.05, 0) is 111 Å². The molecule has 0 spiro atoms. The average Bonchev–Trinajstić information content (AvgIpc) is 3.53. The topological polar surface area (TPSA) is 173 Å². The number of amides is 6. The van der Waals surface area contributed by atoms with Crippen LogP contribution in [0.3, 0.4) is 0 Å². The second-order valence-electron chi connectivity index (χ2n) is 16.7. The lowest BCUT2D eigenvalue weighted by Crippen LogP contribution is -2.54. The lowest BCUT2D eigenvalue weighted by atomic mass is 9.73. The maximum Gasteiger partial charge on any atom is 0.266 e. The summed E-state index contributed by atoms with van der Waals surface area (Å²) in [5, 5.41) is 9.41. The summed E-state index contributed by atoms with van der Waals surface area (Å²) in [6, 6.07) is 15.5. The number of ether oxygens (including phenoxy) is 2. The number of nitrogens with one attached hydrogen (secondary N) is 3. The third-order valence-electron chi connectivity index (χ3n) is 12.5. The molecule has 3 aliphatic rings. The second-order valence-corrected chi connectivity index (χ2v) is 17.1. The Hall–Kier alpha value is -5.89. The summed E-state index contributed by atoms with van der Waals surface area (Å²) in [7, 11) is 0. The molecule has 1 aromatic heterocycles. The lowest BCUT2D eigenvalue weighted by molar-refractivity contribution is -0.136. The molecule has 15 heteroatoms. The van der Waals surface area contributed by atoms with Crippen molar-refractivity contribution in [3.05, 3.63) is 94.4 Å². The first-order valence-corrected chi connectivity index (χ1v) is 22.4. The first-order chi connectivity index (χ1) is 30.5. The molecule has 63 heavy (non-hydrogen) atoms. The molecule has 2 aliphatic heterocycles. The van der Waals surface area contributed by atoms with Crippen molar-refractivity contribution >= 4 is 63.6 Å². The van der Waals surface area contributed by atoms with E-state index in [1.54, 1.807) is 42.6 Å². The Morgan fingerprint density at radius 1 is 0.873 bits per heavy atom. The summed E-state index contributed by atoms with van der Waals surface area (Å²) >= 11 is 6.44. The number of imide groups is 2. The van der Waals surface area contributed by atoms with Crippen molar-refractivity contribution in [1.82, 2.24) is 20.5 Å². The van der Waals surface area contributed by atoms with Gasteiger partial charge >= 0.3 is 0 Å². The van der Waals surface area contributed by atoms with Crippen molar-refractivity contribution in [2.75, 3.05) is 25.1 Å². The van der Waals surface area contributed by atoms with Crippen molar-refractivity contribution in [1.29, 1.82) is 0 Å². The van der Waals surface area contributed by atoms with Gasteiger partial charge in [-0.1, -0.05) is 56.7 Å².